The molecule has 3 rings (SSSR count). The molecule has 0 bridgehead atoms. The lowest BCUT2D eigenvalue weighted by molar-refractivity contribution is -0.116. The first-order valence-electron chi connectivity index (χ1n) is 8.94. The highest BCUT2D eigenvalue weighted by atomic mass is 35.5. The normalized spacial score (nSPS) is 10.5. The fourth-order valence-electron chi connectivity index (χ4n) is 2.82. The summed E-state index contributed by atoms with van der Waals surface area (Å²) in [6, 6.07) is 10.5. The molecule has 1 heterocycles. The zero-order chi connectivity index (χ0) is 21.8. The van der Waals surface area contributed by atoms with Gasteiger partial charge in [-0.2, -0.15) is 0 Å². The smallest absolute Gasteiger partial charge is 0.267 e. The van der Waals surface area contributed by atoms with Crippen molar-refractivity contribution >= 4 is 29.1 Å². The molecular formula is C21H18ClFN4O3. The Morgan fingerprint density at radius 3 is 2.53 bits per heavy atom. The van der Waals surface area contributed by atoms with Crippen molar-refractivity contribution in [1.82, 2.24) is 14.9 Å². The van der Waals surface area contributed by atoms with Crippen molar-refractivity contribution in [3.63, 3.8) is 0 Å². The van der Waals surface area contributed by atoms with Crippen molar-refractivity contribution in [1.29, 1.82) is 0 Å². The highest BCUT2D eigenvalue weighted by Gasteiger charge is 2.19. The lowest BCUT2D eigenvalue weighted by atomic mass is 10.2. The first-order chi connectivity index (χ1) is 14.3. The van der Waals surface area contributed by atoms with Crippen LogP contribution in [0.2, 0.25) is 5.02 Å². The van der Waals surface area contributed by atoms with Gasteiger partial charge in [-0.1, -0.05) is 17.7 Å². The van der Waals surface area contributed by atoms with Crippen molar-refractivity contribution in [3.05, 3.63) is 81.0 Å². The molecule has 0 aliphatic heterocycles. The standard InChI is InChI=1S/C21H18ClFN4O3/c1-12-3-8-15(23)9-17(12)26-18(28)11-27-19(13-4-6-14(22)7-5-13)25-10-16(21(27)30)20(29)24-2/h3-10H,11H2,1-2H3,(H,24,29)(H,26,28). The number of rotatable bonds is 5. The predicted molar refractivity (Wildman–Crippen MR) is 112 cm³/mol. The van der Waals surface area contributed by atoms with Gasteiger partial charge in [0.15, 0.2) is 0 Å². The zero-order valence-electron chi connectivity index (χ0n) is 16.2. The van der Waals surface area contributed by atoms with E-state index in [1.165, 1.54) is 25.2 Å². The third-order valence-electron chi connectivity index (χ3n) is 4.40. The van der Waals surface area contributed by atoms with Crippen LogP contribution in [0.1, 0.15) is 15.9 Å². The minimum atomic E-state index is -0.680. The van der Waals surface area contributed by atoms with E-state index in [2.05, 4.69) is 15.6 Å². The Hall–Kier alpha value is -3.52. The van der Waals surface area contributed by atoms with Gasteiger partial charge in [-0.05, 0) is 48.9 Å². The second-order valence-electron chi connectivity index (χ2n) is 6.48. The lowest BCUT2D eigenvalue weighted by Crippen LogP contribution is -2.35. The summed E-state index contributed by atoms with van der Waals surface area (Å²) >= 11 is 5.92. The molecule has 154 valence electrons. The number of halogens is 2. The van der Waals surface area contributed by atoms with E-state index < -0.39 is 29.7 Å². The Morgan fingerprint density at radius 2 is 1.87 bits per heavy atom. The molecular weight excluding hydrogens is 411 g/mol. The van der Waals surface area contributed by atoms with Gasteiger partial charge in [0.25, 0.3) is 11.5 Å². The van der Waals surface area contributed by atoms with Gasteiger partial charge < -0.3 is 10.6 Å². The highest BCUT2D eigenvalue weighted by Crippen LogP contribution is 2.20. The summed E-state index contributed by atoms with van der Waals surface area (Å²) in [4.78, 5) is 41.8. The molecule has 1 aromatic heterocycles. The van der Waals surface area contributed by atoms with Crippen LogP contribution in [0, 0.1) is 12.7 Å². The van der Waals surface area contributed by atoms with Crippen LogP contribution in [0.5, 0.6) is 0 Å². The Bertz CT molecular complexity index is 1180. The van der Waals surface area contributed by atoms with Gasteiger partial charge in [0, 0.05) is 29.5 Å². The fourth-order valence-corrected chi connectivity index (χ4v) is 2.95. The summed E-state index contributed by atoms with van der Waals surface area (Å²) in [6.07, 6.45) is 1.16. The first-order valence-corrected chi connectivity index (χ1v) is 9.32. The summed E-state index contributed by atoms with van der Waals surface area (Å²) in [7, 11) is 1.39. The van der Waals surface area contributed by atoms with Crippen molar-refractivity contribution in [2.45, 2.75) is 13.5 Å². The van der Waals surface area contributed by atoms with Gasteiger partial charge in [-0.25, -0.2) is 9.37 Å². The van der Waals surface area contributed by atoms with Crippen molar-refractivity contribution < 1.29 is 14.0 Å². The number of nitrogens with zero attached hydrogens (tertiary/aromatic N) is 2. The summed E-state index contributed by atoms with van der Waals surface area (Å²) in [5.41, 5.74) is 0.601. The van der Waals surface area contributed by atoms with Crippen LogP contribution in [0.15, 0.2) is 53.5 Å². The molecule has 2 aromatic carbocycles. The first kappa shape index (κ1) is 21.2. The second kappa shape index (κ2) is 8.87. The molecule has 7 nitrogen and oxygen atoms in total. The fraction of sp³-hybridized carbons (Fsp3) is 0.143. The number of amides is 2. The molecule has 0 saturated heterocycles. The third-order valence-corrected chi connectivity index (χ3v) is 4.65. The number of carbonyl (C=O) groups excluding carboxylic acids is 2. The summed E-state index contributed by atoms with van der Waals surface area (Å²) in [5.74, 6) is -1.50. The zero-order valence-corrected chi connectivity index (χ0v) is 17.0. The predicted octanol–water partition coefficient (Wildman–Crippen LogP) is 3.01. The van der Waals surface area contributed by atoms with Crippen molar-refractivity contribution in [2.24, 2.45) is 0 Å². The van der Waals surface area contributed by atoms with Crippen LogP contribution in [-0.2, 0) is 11.3 Å². The molecule has 0 spiro atoms. The van der Waals surface area contributed by atoms with Gasteiger partial charge in [-0.3, -0.25) is 19.0 Å². The third kappa shape index (κ3) is 4.55. The minimum absolute atomic E-state index is 0.190. The van der Waals surface area contributed by atoms with Crippen LogP contribution in [0.3, 0.4) is 0 Å². The number of hydrogen-bond acceptors (Lipinski definition) is 4. The molecule has 0 atom stereocenters. The second-order valence-corrected chi connectivity index (χ2v) is 6.92. The van der Waals surface area contributed by atoms with Gasteiger partial charge in [0.05, 0.1) is 0 Å². The van der Waals surface area contributed by atoms with E-state index in [0.717, 1.165) is 10.8 Å². The molecule has 0 fully saturated rings. The van der Waals surface area contributed by atoms with E-state index in [-0.39, 0.29) is 17.1 Å². The van der Waals surface area contributed by atoms with Crippen LogP contribution in [0.4, 0.5) is 10.1 Å². The topological polar surface area (TPSA) is 93.1 Å². The van der Waals surface area contributed by atoms with Crippen LogP contribution < -0.4 is 16.2 Å². The average Bonchev–Trinajstić information content (AvgIpc) is 2.72. The highest BCUT2D eigenvalue weighted by molar-refractivity contribution is 6.30. The van der Waals surface area contributed by atoms with E-state index in [1.54, 1.807) is 31.2 Å². The van der Waals surface area contributed by atoms with Gasteiger partial charge in [0.2, 0.25) is 5.91 Å². The molecule has 2 amide bonds. The van der Waals surface area contributed by atoms with E-state index in [4.69, 9.17) is 11.6 Å². The Labute approximate surface area is 176 Å². The average molecular weight is 429 g/mol. The largest absolute Gasteiger partial charge is 0.355 e. The SMILES string of the molecule is CNC(=O)c1cnc(-c2ccc(Cl)cc2)n(CC(=O)Nc2cc(F)ccc2C)c1=O. The summed E-state index contributed by atoms with van der Waals surface area (Å²) in [6.45, 7) is 1.29. The van der Waals surface area contributed by atoms with Crippen LogP contribution in [0.25, 0.3) is 11.4 Å². The van der Waals surface area contributed by atoms with Crippen molar-refractivity contribution in [2.75, 3.05) is 12.4 Å². The number of benzene rings is 2. The Morgan fingerprint density at radius 1 is 1.17 bits per heavy atom. The molecule has 0 radical (unpaired) electrons. The molecule has 2 N–H and O–H groups in total. The van der Waals surface area contributed by atoms with E-state index in [1.807, 2.05) is 0 Å². The molecule has 0 aliphatic rings. The molecule has 0 aliphatic carbocycles. The molecule has 30 heavy (non-hydrogen) atoms. The number of carbonyl (C=O) groups is 2. The summed E-state index contributed by atoms with van der Waals surface area (Å²) < 4.78 is 14.6. The minimum Gasteiger partial charge on any atom is -0.355 e. The quantitative estimate of drug-likeness (QED) is 0.653. The number of anilines is 1. The van der Waals surface area contributed by atoms with Gasteiger partial charge >= 0.3 is 0 Å². The van der Waals surface area contributed by atoms with Crippen LogP contribution in [-0.4, -0.2) is 28.4 Å². The van der Waals surface area contributed by atoms with Gasteiger partial charge in [0.1, 0.15) is 23.7 Å². The number of hydrogen-bond donors (Lipinski definition) is 2. The number of aromatic nitrogens is 2. The number of nitrogens with one attached hydrogen (secondary N) is 2. The summed E-state index contributed by atoms with van der Waals surface area (Å²) in [5, 5.41) is 5.45. The van der Waals surface area contributed by atoms with Crippen LogP contribution >= 0.6 is 11.6 Å². The van der Waals surface area contributed by atoms with E-state index >= 15 is 0 Å². The Kier molecular flexibility index (Phi) is 6.27. The lowest BCUT2D eigenvalue weighted by Gasteiger charge is -2.14. The maximum absolute atomic E-state index is 13.5. The van der Waals surface area contributed by atoms with E-state index in [0.29, 0.717) is 16.1 Å². The van der Waals surface area contributed by atoms with Crippen molar-refractivity contribution in [3.8, 4) is 11.4 Å². The molecule has 0 unspecified atom stereocenters. The molecule has 9 heteroatoms. The van der Waals surface area contributed by atoms with E-state index in [9.17, 15) is 18.8 Å². The molecule has 3 aromatic rings. The number of aryl methyl sites for hydroxylation is 1. The van der Waals surface area contributed by atoms with Gasteiger partial charge in [-0.15, -0.1) is 0 Å². The maximum Gasteiger partial charge on any atom is 0.267 e. The Balaban J connectivity index is 2.02. The maximum atomic E-state index is 13.5. The monoisotopic (exact) mass is 428 g/mol. The molecule has 0 saturated carbocycles.